The van der Waals surface area contributed by atoms with Crippen molar-refractivity contribution in [2.75, 3.05) is 33.3 Å². The molecular weight excluding hydrogens is 252 g/mol. The van der Waals surface area contributed by atoms with Gasteiger partial charge in [0.25, 0.3) is 0 Å². The van der Waals surface area contributed by atoms with Crippen LogP contribution in [0.4, 0.5) is 0 Å². The number of carboxylic acid groups (broad SMARTS) is 1. The molecule has 1 rings (SSSR count). The van der Waals surface area contributed by atoms with Crippen LogP contribution >= 0.6 is 0 Å². The summed E-state index contributed by atoms with van der Waals surface area (Å²) < 4.78 is 4.67. The smallest absolute Gasteiger partial charge is 0.310 e. The molecule has 0 saturated carbocycles. The second-order valence-electron chi connectivity index (χ2n) is 4.59. The van der Waals surface area contributed by atoms with Gasteiger partial charge in [0, 0.05) is 19.5 Å². The average molecular weight is 272 g/mol. The van der Waals surface area contributed by atoms with Gasteiger partial charge < -0.3 is 15.2 Å². The Bertz CT molecular complexity index is 345. The van der Waals surface area contributed by atoms with Gasteiger partial charge in [0.05, 0.1) is 19.6 Å². The van der Waals surface area contributed by atoms with E-state index in [0.717, 1.165) is 0 Å². The van der Waals surface area contributed by atoms with Gasteiger partial charge in [-0.1, -0.05) is 0 Å². The van der Waals surface area contributed by atoms with E-state index in [2.05, 4.69) is 10.1 Å². The van der Waals surface area contributed by atoms with Crippen molar-refractivity contribution in [2.45, 2.75) is 19.3 Å². The topological polar surface area (TPSA) is 95.9 Å². The number of rotatable bonds is 7. The maximum atomic E-state index is 11.6. The highest BCUT2D eigenvalue weighted by atomic mass is 16.5. The van der Waals surface area contributed by atoms with Crippen LogP contribution in [0.2, 0.25) is 0 Å². The molecule has 1 aliphatic heterocycles. The molecule has 19 heavy (non-hydrogen) atoms. The predicted molar refractivity (Wildman–Crippen MR) is 66.4 cm³/mol. The molecule has 1 atom stereocenters. The summed E-state index contributed by atoms with van der Waals surface area (Å²) >= 11 is 0. The number of amides is 1. The zero-order chi connectivity index (χ0) is 14.3. The Kier molecular flexibility index (Phi) is 6.27. The standard InChI is InChI=1S/C12H20N2O5/c1-19-12(18)9-4-6-14(7-9)8-10(15)13-5-2-3-11(16)17/h9H,2-8H2,1H3,(H,13,15)(H,16,17). The minimum atomic E-state index is -0.866. The van der Waals surface area contributed by atoms with Crippen molar-refractivity contribution in [2.24, 2.45) is 5.92 Å². The Labute approximate surface area is 111 Å². The van der Waals surface area contributed by atoms with Gasteiger partial charge in [-0.2, -0.15) is 0 Å². The fourth-order valence-electron chi connectivity index (χ4n) is 2.06. The molecule has 1 fully saturated rings. The SMILES string of the molecule is COC(=O)C1CCN(CC(=O)NCCCC(=O)O)C1. The number of hydrogen-bond donors (Lipinski definition) is 2. The first-order chi connectivity index (χ1) is 9.02. The van der Waals surface area contributed by atoms with Crippen molar-refractivity contribution in [3.63, 3.8) is 0 Å². The van der Waals surface area contributed by atoms with Crippen LogP contribution in [0.25, 0.3) is 0 Å². The molecule has 1 heterocycles. The Balaban J connectivity index is 2.16. The molecule has 0 bridgehead atoms. The van der Waals surface area contributed by atoms with E-state index in [0.29, 0.717) is 32.5 Å². The van der Waals surface area contributed by atoms with E-state index >= 15 is 0 Å². The number of aliphatic carboxylic acids is 1. The van der Waals surface area contributed by atoms with Crippen LogP contribution in [-0.4, -0.2) is 61.1 Å². The molecule has 0 spiro atoms. The Morgan fingerprint density at radius 1 is 1.42 bits per heavy atom. The number of hydrogen-bond acceptors (Lipinski definition) is 5. The summed E-state index contributed by atoms with van der Waals surface area (Å²) in [6, 6.07) is 0. The van der Waals surface area contributed by atoms with E-state index in [1.165, 1.54) is 7.11 Å². The molecule has 0 aromatic heterocycles. The van der Waals surface area contributed by atoms with Crippen LogP contribution in [0, 0.1) is 5.92 Å². The van der Waals surface area contributed by atoms with Crippen molar-refractivity contribution < 1.29 is 24.2 Å². The van der Waals surface area contributed by atoms with E-state index in [1.54, 1.807) is 0 Å². The summed E-state index contributed by atoms with van der Waals surface area (Å²) in [6.45, 7) is 1.83. The van der Waals surface area contributed by atoms with E-state index in [4.69, 9.17) is 5.11 Å². The Hall–Kier alpha value is -1.63. The number of ether oxygens (including phenoxy) is 1. The fraction of sp³-hybridized carbons (Fsp3) is 0.750. The maximum Gasteiger partial charge on any atom is 0.310 e. The molecule has 1 amide bonds. The molecular formula is C12H20N2O5. The first-order valence-electron chi connectivity index (χ1n) is 6.31. The van der Waals surface area contributed by atoms with Crippen molar-refractivity contribution in [3.8, 4) is 0 Å². The molecule has 7 nitrogen and oxygen atoms in total. The van der Waals surface area contributed by atoms with Crippen molar-refractivity contribution in [1.29, 1.82) is 0 Å². The summed E-state index contributed by atoms with van der Waals surface area (Å²) in [5.74, 6) is -1.39. The number of nitrogens with one attached hydrogen (secondary N) is 1. The average Bonchev–Trinajstić information content (AvgIpc) is 2.82. The minimum absolute atomic E-state index is 0.0500. The lowest BCUT2D eigenvalue weighted by Gasteiger charge is -2.14. The zero-order valence-electron chi connectivity index (χ0n) is 11.1. The third kappa shape index (κ3) is 5.69. The van der Waals surface area contributed by atoms with Crippen LogP contribution in [0.5, 0.6) is 0 Å². The molecule has 1 unspecified atom stereocenters. The lowest BCUT2D eigenvalue weighted by atomic mass is 10.1. The second-order valence-corrected chi connectivity index (χ2v) is 4.59. The number of esters is 1. The normalized spacial score (nSPS) is 19.1. The Morgan fingerprint density at radius 2 is 2.16 bits per heavy atom. The number of methoxy groups -OCH3 is 1. The van der Waals surface area contributed by atoms with Crippen LogP contribution in [0.1, 0.15) is 19.3 Å². The van der Waals surface area contributed by atoms with E-state index in [1.807, 2.05) is 4.90 Å². The number of carbonyl (C=O) groups excluding carboxylic acids is 2. The minimum Gasteiger partial charge on any atom is -0.481 e. The summed E-state index contributed by atoms with van der Waals surface area (Å²) in [6.07, 6.45) is 1.18. The summed E-state index contributed by atoms with van der Waals surface area (Å²) in [7, 11) is 1.36. The van der Waals surface area contributed by atoms with Gasteiger partial charge in [-0.05, 0) is 19.4 Å². The highest BCUT2D eigenvalue weighted by Crippen LogP contribution is 2.16. The third-order valence-corrected chi connectivity index (χ3v) is 3.06. The molecule has 108 valence electrons. The Morgan fingerprint density at radius 3 is 2.79 bits per heavy atom. The first-order valence-corrected chi connectivity index (χ1v) is 6.31. The molecule has 7 heteroatoms. The summed E-state index contributed by atoms with van der Waals surface area (Å²) in [5.41, 5.74) is 0. The van der Waals surface area contributed by atoms with Gasteiger partial charge in [0.2, 0.25) is 5.91 Å². The second kappa shape index (κ2) is 7.73. The molecule has 2 N–H and O–H groups in total. The molecule has 0 radical (unpaired) electrons. The van der Waals surface area contributed by atoms with Crippen LogP contribution in [0.3, 0.4) is 0 Å². The maximum absolute atomic E-state index is 11.6. The largest absolute Gasteiger partial charge is 0.481 e. The van der Waals surface area contributed by atoms with E-state index < -0.39 is 5.97 Å². The predicted octanol–water partition coefficient (Wildman–Crippen LogP) is -0.538. The van der Waals surface area contributed by atoms with Crippen LogP contribution < -0.4 is 5.32 Å². The first kappa shape index (κ1) is 15.4. The van der Waals surface area contributed by atoms with Crippen LogP contribution in [0.15, 0.2) is 0 Å². The van der Waals surface area contributed by atoms with Crippen molar-refractivity contribution in [1.82, 2.24) is 10.2 Å². The number of likely N-dealkylation sites (tertiary alicyclic amines) is 1. The molecule has 0 aromatic rings. The molecule has 0 aromatic carbocycles. The van der Waals surface area contributed by atoms with Crippen LogP contribution in [-0.2, 0) is 19.1 Å². The molecule has 1 aliphatic rings. The van der Waals surface area contributed by atoms with Gasteiger partial charge in [0.15, 0.2) is 0 Å². The summed E-state index contributed by atoms with van der Waals surface area (Å²) in [4.78, 5) is 35.1. The van der Waals surface area contributed by atoms with Gasteiger partial charge in [-0.25, -0.2) is 0 Å². The highest BCUT2D eigenvalue weighted by Gasteiger charge is 2.29. The van der Waals surface area contributed by atoms with E-state index in [-0.39, 0.29) is 30.8 Å². The highest BCUT2D eigenvalue weighted by molar-refractivity contribution is 5.78. The zero-order valence-corrected chi connectivity index (χ0v) is 11.1. The van der Waals surface area contributed by atoms with Gasteiger partial charge in [-0.3, -0.25) is 19.3 Å². The monoisotopic (exact) mass is 272 g/mol. The third-order valence-electron chi connectivity index (χ3n) is 3.06. The van der Waals surface area contributed by atoms with Gasteiger partial charge >= 0.3 is 11.9 Å². The van der Waals surface area contributed by atoms with Gasteiger partial charge in [-0.15, -0.1) is 0 Å². The van der Waals surface area contributed by atoms with Crippen molar-refractivity contribution in [3.05, 3.63) is 0 Å². The number of carboxylic acids is 1. The summed E-state index contributed by atoms with van der Waals surface area (Å²) in [5, 5.41) is 11.1. The van der Waals surface area contributed by atoms with Crippen molar-refractivity contribution >= 4 is 17.8 Å². The number of carbonyl (C=O) groups is 3. The van der Waals surface area contributed by atoms with E-state index in [9.17, 15) is 14.4 Å². The molecule has 1 saturated heterocycles. The lowest BCUT2D eigenvalue weighted by Crippen LogP contribution is -2.37. The fourth-order valence-corrected chi connectivity index (χ4v) is 2.06. The quantitative estimate of drug-likeness (QED) is 0.477. The number of nitrogens with zero attached hydrogens (tertiary/aromatic N) is 1. The lowest BCUT2D eigenvalue weighted by molar-refractivity contribution is -0.145. The molecule has 0 aliphatic carbocycles. The van der Waals surface area contributed by atoms with Gasteiger partial charge in [0.1, 0.15) is 0 Å².